The second-order valence-corrected chi connectivity index (χ2v) is 6.28. The number of carbonyl (C=O) groups is 2. The molecule has 2 N–H and O–H groups in total. The molecule has 7 heteroatoms. The van der Waals surface area contributed by atoms with Gasteiger partial charge in [-0.15, -0.1) is 0 Å². The second-order valence-electron chi connectivity index (χ2n) is 6.28. The van der Waals surface area contributed by atoms with Crippen molar-refractivity contribution >= 4 is 11.9 Å². The maximum Gasteiger partial charge on any atom is 0.324 e. The number of amides is 3. The Hall–Kier alpha value is -1.96. The number of imide groups is 1. The fourth-order valence-electron chi connectivity index (χ4n) is 3.14. The van der Waals surface area contributed by atoms with Crippen LogP contribution in [-0.2, 0) is 4.79 Å². The van der Waals surface area contributed by atoms with Crippen molar-refractivity contribution in [2.45, 2.75) is 6.10 Å². The van der Waals surface area contributed by atoms with Gasteiger partial charge in [0.2, 0.25) is 5.91 Å². The number of aliphatic hydroxyl groups is 1. The smallest absolute Gasteiger partial charge is 0.324 e. The summed E-state index contributed by atoms with van der Waals surface area (Å²) in [4.78, 5) is 29.2. The lowest BCUT2D eigenvalue weighted by Gasteiger charge is -2.35. The predicted molar refractivity (Wildman–Crippen MR) is 89.4 cm³/mol. The minimum Gasteiger partial charge on any atom is -0.387 e. The van der Waals surface area contributed by atoms with E-state index in [1.807, 2.05) is 30.3 Å². The number of piperazine rings is 1. The molecule has 0 radical (unpaired) electrons. The Bertz CT molecular complexity index is 572. The Morgan fingerprint density at radius 3 is 2.38 bits per heavy atom. The van der Waals surface area contributed by atoms with Gasteiger partial charge in [-0.05, 0) is 5.56 Å². The third kappa shape index (κ3) is 4.11. The van der Waals surface area contributed by atoms with Gasteiger partial charge < -0.3 is 10.4 Å². The van der Waals surface area contributed by atoms with Crippen molar-refractivity contribution in [1.82, 2.24) is 20.0 Å². The second kappa shape index (κ2) is 7.74. The zero-order valence-corrected chi connectivity index (χ0v) is 13.7. The molecule has 3 amide bonds. The molecule has 130 valence electrons. The SMILES string of the molecule is O=C(CN1CCN(C[C@H](O)c2ccccc2)CC1)N1CCNC1=O. The van der Waals surface area contributed by atoms with Crippen molar-refractivity contribution in [3.05, 3.63) is 35.9 Å². The fourth-order valence-corrected chi connectivity index (χ4v) is 3.14. The van der Waals surface area contributed by atoms with Gasteiger partial charge in [-0.25, -0.2) is 4.79 Å². The summed E-state index contributed by atoms with van der Waals surface area (Å²) in [5.74, 6) is -0.136. The number of aliphatic hydroxyl groups excluding tert-OH is 1. The molecule has 1 aromatic rings. The summed E-state index contributed by atoms with van der Waals surface area (Å²) in [6.07, 6.45) is -0.493. The highest BCUT2D eigenvalue weighted by molar-refractivity contribution is 5.96. The molecule has 24 heavy (non-hydrogen) atoms. The van der Waals surface area contributed by atoms with E-state index >= 15 is 0 Å². The molecule has 2 aliphatic heterocycles. The number of carbonyl (C=O) groups excluding carboxylic acids is 2. The molecule has 2 aliphatic rings. The molecule has 2 fully saturated rings. The summed E-state index contributed by atoms with van der Waals surface area (Å²) in [5, 5.41) is 12.9. The van der Waals surface area contributed by atoms with Crippen LogP contribution in [0, 0.1) is 0 Å². The topological polar surface area (TPSA) is 76.1 Å². The third-order valence-electron chi connectivity index (χ3n) is 4.60. The number of nitrogens with one attached hydrogen (secondary N) is 1. The van der Waals surface area contributed by atoms with E-state index in [2.05, 4.69) is 15.1 Å². The summed E-state index contributed by atoms with van der Waals surface area (Å²) >= 11 is 0. The van der Waals surface area contributed by atoms with E-state index in [1.54, 1.807) is 0 Å². The van der Waals surface area contributed by atoms with Crippen LogP contribution in [0.4, 0.5) is 4.79 Å². The first kappa shape index (κ1) is 16.9. The highest BCUT2D eigenvalue weighted by Crippen LogP contribution is 2.15. The lowest BCUT2D eigenvalue weighted by molar-refractivity contribution is -0.129. The average Bonchev–Trinajstić information content (AvgIpc) is 3.03. The molecule has 0 aromatic heterocycles. The Balaban J connectivity index is 1.42. The van der Waals surface area contributed by atoms with E-state index in [1.165, 1.54) is 4.90 Å². The highest BCUT2D eigenvalue weighted by Gasteiger charge is 2.28. The maximum atomic E-state index is 12.1. The lowest BCUT2D eigenvalue weighted by atomic mass is 10.1. The average molecular weight is 332 g/mol. The normalized spacial score (nSPS) is 20.9. The summed E-state index contributed by atoms with van der Waals surface area (Å²) in [7, 11) is 0. The monoisotopic (exact) mass is 332 g/mol. The minimum atomic E-state index is -0.493. The zero-order chi connectivity index (χ0) is 16.9. The summed E-state index contributed by atoms with van der Waals surface area (Å²) in [6.45, 7) is 5.03. The first-order valence-electron chi connectivity index (χ1n) is 8.39. The van der Waals surface area contributed by atoms with Crippen LogP contribution >= 0.6 is 0 Å². The van der Waals surface area contributed by atoms with Crippen LogP contribution in [0.25, 0.3) is 0 Å². The highest BCUT2D eigenvalue weighted by atomic mass is 16.3. The molecule has 3 rings (SSSR count). The minimum absolute atomic E-state index is 0.136. The van der Waals surface area contributed by atoms with E-state index in [4.69, 9.17) is 0 Å². The van der Waals surface area contributed by atoms with Gasteiger partial charge in [0.05, 0.1) is 12.6 Å². The van der Waals surface area contributed by atoms with Gasteiger partial charge in [-0.1, -0.05) is 30.3 Å². The molecule has 0 spiro atoms. The van der Waals surface area contributed by atoms with Gasteiger partial charge in [0, 0.05) is 45.8 Å². The molecule has 2 heterocycles. The lowest BCUT2D eigenvalue weighted by Crippen LogP contribution is -2.51. The number of hydrogen-bond donors (Lipinski definition) is 2. The number of hydrogen-bond acceptors (Lipinski definition) is 5. The van der Waals surface area contributed by atoms with Crippen molar-refractivity contribution in [3.8, 4) is 0 Å². The quantitative estimate of drug-likeness (QED) is 0.787. The van der Waals surface area contributed by atoms with E-state index < -0.39 is 6.10 Å². The molecule has 0 saturated carbocycles. The van der Waals surface area contributed by atoms with Gasteiger partial charge in [0.15, 0.2) is 0 Å². The van der Waals surface area contributed by atoms with Gasteiger partial charge in [-0.3, -0.25) is 19.5 Å². The van der Waals surface area contributed by atoms with Crippen LogP contribution < -0.4 is 5.32 Å². The largest absolute Gasteiger partial charge is 0.387 e. The Kier molecular flexibility index (Phi) is 5.44. The summed E-state index contributed by atoms with van der Waals surface area (Å²) in [5.41, 5.74) is 0.926. The number of benzene rings is 1. The van der Waals surface area contributed by atoms with Crippen molar-refractivity contribution in [2.75, 3.05) is 52.4 Å². The molecule has 0 aliphatic carbocycles. The molecule has 7 nitrogen and oxygen atoms in total. The molecule has 1 aromatic carbocycles. The maximum absolute atomic E-state index is 12.1. The number of β-amino-alcohol motifs (C(OH)–C–C–N with tert-alkyl or cyclic N) is 1. The zero-order valence-electron chi connectivity index (χ0n) is 13.7. The van der Waals surface area contributed by atoms with Gasteiger partial charge in [0.1, 0.15) is 0 Å². The van der Waals surface area contributed by atoms with Crippen LogP contribution in [0.15, 0.2) is 30.3 Å². The predicted octanol–water partition coefficient (Wildman–Crippen LogP) is -0.111. The van der Waals surface area contributed by atoms with E-state index in [-0.39, 0.29) is 18.5 Å². The van der Waals surface area contributed by atoms with Crippen LogP contribution in [0.5, 0.6) is 0 Å². The molecule has 1 atom stereocenters. The first-order chi connectivity index (χ1) is 11.6. The number of rotatable bonds is 5. The molecule has 0 unspecified atom stereocenters. The third-order valence-corrected chi connectivity index (χ3v) is 4.60. The van der Waals surface area contributed by atoms with Crippen molar-refractivity contribution in [1.29, 1.82) is 0 Å². The van der Waals surface area contributed by atoms with Crippen LogP contribution in [-0.4, -0.2) is 84.1 Å². The van der Waals surface area contributed by atoms with Crippen LogP contribution in [0.3, 0.4) is 0 Å². The Labute approximate surface area is 141 Å². The van der Waals surface area contributed by atoms with E-state index in [9.17, 15) is 14.7 Å². The number of urea groups is 1. The molecule has 0 bridgehead atoms. The Morgan fingerprint density at radius 2 is 1.75 bits per heavy atom. The standard InChI is InChI=1S/C17H24N4O3/c22-15(14-4-2-1-3-5-14)12-19-8-10-20(11-9-19)13-16(23)21-7-6-18-17(21)24/h1-5,15,22H,6-13H2,(H,18,24)/t15-/m0/s1. The van der Waals surface area contributed by atoms with E-state index in [0.29, 0.717) is 19.6 Å². The fraction of sp³-hybridized carbons (Fsp3) is 0.529. The number of nitrogens with zero attached hydrogens (tertiary/aromatic N) is 3. The van der Waals surface area contributed by atoms with Gasteiger partial charge in [-0.2, -0.15) is 0 Å². The van der Waals surface area contributed by atoms with Crippen molar-refractivity contribution in [3.63, 3.8) is 0 Å². The molecular formula is C17H24N4O3. The van der Waals surface area contributed by atoms with Gasteiger partial charge in [0.25, 0.3) is 0 Å². The van der Waals surface area contributed by atoms with Crippen molar-refractivity contribution < 1.29 is 14.7 Å². The molecule has 2 saturated heterocycles. The van der Waals surface area contributed by atoms with Crippen LogP contribution in [0.1, 0.15) is 11.7 Å². The van der Waals surface area contributed by atoms with E-state index in [0.717, 1.165) is 31.7 Å². The Morgan fingerprint density at radius 1 is 1.08 bits per heavy atom. The molecular weight excluding hydrogens is 308 g/mol. The van der Waals surface area contributed by atoms with Crippen LogP contribution in [0.2, 0.25) is 0 Å². The summed E-state index contributed by atoms with van der Waals surface area (Å²) in [6, 6.07) is 9.37. The van der Waals surface area contributed by atoms with Crippen molar-refractivity contribution in [2.24, 2.45) is 0 Å². The first-order valence-corrected chi connectivity index (χ1v) is 8.39. The summed E-state index contributed by atoms with van der Waals surface area (Å²) < 4.78 is 0. The van der Waals surface area contributed by atoms with Gasteiger partial charge >= 0.3 is 6.03 Å².